The second kappa shape index (κ2) is 9.64. The van der Waals surface area contributed by atoms with Crippen molar-refractivity contribution in [2.75, 3.05) is 26.2 Å². The zero-order valence-electron chi connectivity index (χ0n) is 16.4. The highest BCUT2D eigenvalue weighted by atomic mass is 79.9. The van der Waals surface area contributed by atoms with Crippen molar-refractivity contribution in [1.82, 2.24) is 19.6 Å². The van der Waals surface area contributed by atoms with E-state index in [2.05, 4.69) is 38.1 Å². The molecule has 0 spiro atoms. The largest absolute Gasteiger partial charge is 0.471 e. The fraction of sp³-hybridized carbons (Fsp3) is 0.273. The quantitative estimate of drug-likeness (QED) is 0.518. The van der Waals surface area contributed by atoms with E-state index in [4.69, 9.17) is 16.3 Å². The van der Waals surface area contributed by atoms with Crippen LogP contribution in [0.3, 0.4) is 0 Å². The summed E-state index contributed by atoms with van der Waals surface area (Å²) >= 11 is 9.57. The molecule has 156 valence electrons. The van der Waals surface area contributed by atoms with Crippen LogP contribution in [0.25, 0.3) is 0 Å². The summed E-state index contributed by atoms with van der Waals surface area (Å²) in [5, 5.41) is 4.98. The molecule has 1 amide bonds. The summed E-state index contributed by atoms with van der Waals surface area (Å²) < 4.78 is 8.40. The summed E-state index contributed by atoms with van der Waals surface area (Å²) in [5.41, 5.74) is 1.69. The first kappa shape index (κ1) is 20.9. The first-order valence-electron chi connectivity index (χ1n) is 9.75. The Kier molecular flexibility index (Phi) is 6.72. The van der Waals surface area contributed by atoms with Gasteiger partial charge >= 0.3 is 0 Å². The number of rotatable bonds is 6. The maximum absolute atomic E-state index is 12.8. The second-order valence-corrected chi connectivity index (χ2v) is 8.42. The SMILES string of the molecule is O=C(c1ccn(COc2cccc(Cl)c2)n1)N1CCN(Cc2ccccc2Br)CC1. The Hall–Kier alpha value is -2.35. The number of nitrogens with zero attached hydrogens (tertiary/aromatic N) is 4. The smallest absolute Gasteiger partial charge is 0.274 e. The van der Waals surface area contributed by atoms with Crippen LogP contribution >= 0.6 is 27.5 Å². The topological polar surface area (TPSA) is 50.6 Å². The molecule has 6 nitrogen and oxygen atoms in total. The summed E-state index contributed by atoms with van der Waals surface area (Å²) in [6.45, 7) is 4.15. The molecule has 3 aromatic rings. The van der Waals surface area contributed by atoms with Gasteiger partial charge in [0.25, 0.3) is 5.91 Å². The molecule has 30 heavy (non-hydrogen) atoms. The van der Waals surface area contributed by atoms with E-state index in [9.17, 15) is 4.79 Å². The van der Waals surface area contributed by atoms with E-state index in [1.807, 2.05) is 29.2 Å². The van der Waals surface area contributed by atoms with Gasteiger partial charge in [0.1, 0.15) is 5.75 Å². The Morgan fingerprint density at radius 1 is 1.07 bits per heavy atom. The minimum Gasteiger partial charge on any atom is -0.471 e. The van der Waals surface area contributed by atoms with Crippen LogP contribution in [0.5, 0.6) is 5.75 Å². The number of halogens is 2. The molecule has 2 aromatic carbocycles. The van der Waals surface area contributed by atoms with E-state index in [1.54, 1.807) is 29.1 Å². The van der Waals surface area contributed by atoms with Crippen molar-refractivity contribution < 1.29 is 9.53 Å². The molecule has 1 aliphatic heterocycles. The molecular formula is C22H22BrClN4O2. The second-order valence-electron chi connectivity index (χ2n) is 7.13. The number of ether oxygens (including phenoxy) is 1. The van der Waals surface area contributed by atoms with Crippen molar-refractivity contribution in [3.05, 3.63) is 81.5 Å². The number of carbonyl (C=O) groups is 1. The highest BCUT2D eigenvalue weighted by Gasteiger charge is 2.24. The van der Waals surface area contributed by atoms with Crippen molar-refractivity contribution >= 4 is 33.4 Å². The average molecular weight is 490 g/mol. The van der Waals surface area contributed by atoms with Gasteiger partial charge in [0.15, 0.2) is 12.4 Å². The predicted octanol–water partition coefficient (Wildman–Crippen LogP) is 4.29. The monoisotopic (exact) mass is 488 g/mol. The Balaban J connectivity index is 1.29. The molecule has 1 fully saturated rings. The molecule has 2 heterocycles. The van der Waals surface area contributed by atoms with Gasteiger partial charge in [-0.1, -0.05) is 51.8 Å². The molecular weight excluding hydrogens is 468 g/mol. The van der Waals surface area contributed by atoms with Gasteiger partial charge in [-0.15, -0.1) is 0 Å². The van der Waals surface area contributed by atoms with Crippen LogP contribution in [0.1, 0.15) is 16.1 Å². The van der Waals surface area contributed by atoms with E-state index in [0.717, 1.165) is 24.1 Å². The van der Waals surface area contributed by atoms with Crippen LogP contribution in [0, 0.1) is 0 Å². The summed E-state index contributed by atoms with van der Waals surface area (Å²) in [6.07, 6.45) is 1.75. The van der Waals surface area contributed by atoms with Gasteiger partial charge < -0.3 is 9.64 Å². The third kappa shape index (κ3) is 5.22. The summed E-state index contributed by atoms with van der Waals surface area (Å²) in [4.78, 5) is 17.0. The molecule has 1 aliphatic rings. The van der Waals surface area contributed by atoms with Crippen molar-refractivity contribution in [2.24, 2.45) is 0 Å². The number of piperazine rings is 1. The summed E-state index contributed by atoms with van der Waals surface area (Å²) in [5.74, 6) is 0.615. The fourth-order valence-corrected chi connectivity index (χ4v) is 3.97. The minimum absolute atomic E-state index is 0.0444. The third-order valence-electron chi connectivity index (χ3n) is 5.03. The van der Waals surface area contributed by atoms with Crippen LogP contribution in [0.2, 0.25) is 5.02 Å². The summed E-state index contributed by atoms with van der Waals surface area (Å²) in [6, 6.07) is 17.2. The molecule has 0 unspecified atom stereocenters. The Labute approximate surface area is 189 Å². The van der Waals surface area contributed by atoms with Crippen molar-refractivity contribution in [3.63, 3.8) is 0 Å². The predicted molar refractivity (Wildman–Crippen MR) is 120 cm³/mol. The Morgan fingerprint density at radius 3 is 2.63 bits per heavy atom. The Bertz CT molecular complexity index is 1020. The van der Waals surface area contributed by atoms with Gasteiger partial charge in [-0.05, 0) is 35.9 Å². The van der Waals surface area contributed by atoms with Crippen LogP contribution < -0.4 is 4.74 Å². The zero-order chi connectivity index (χ0) is 20.9. The van der Waals surface area contributed by atoms with Gasteiger partial charge in [0.2, 0.25) is 0 Å². The van der Waals surface area contributed by atoms with Crippen molar-refractivity contribution in [2.45, 2.75) is 13.3 Å². The number of aromatic nitrogens is 2. The molecule has 0 saturated carbocycles. The van der Waals surface area contributed by atoms with E-state index >= 15 is 0 Å². The van der Waals surface area contributed by atoms with Crippen LogP contribution in [-0.4, -0.2) is 51.7 Å². The van der Waals surface area contributed by atoms with Gasteiger partial charge in [-0.3, -0.25) is 9.69 Å². The number of amides is 1. The van der Waals surface area contributed by atoms with Gasteiger partial charge in [-0.2, -0.15) is 5.10 Å². The van der Waals surface area contributed by atoms with Crippen molar-refractivity contribution in [1.29, 1.82) is 0 Å². The van der Waals surface area contributed by atoms with Gasteiger partial charge in [0.05, 0.1) is 0 Å². The van der Waals surface area contributed by atoms with E-state index in [1.165, 1.54) is 5.56 Å². The highest BCUT2D eigenvalue weighted by Crippen LogP contribution is 2.19. The first-order chi connectivity index (χ1) is 14.6. The Morgan fingerprint density at radius 2 is 1.87 bits per heavy atom. The van der Waals surface area contributed by atoms with E-state index < -0.39 is 0 Å². The van der Waals surface area contributed by atoms with Gasteiger partial charge in [0, 0.05) is 48.4 Å². The van der Waals surface area contributed by atoms with Crippen LogP contribution in [0.4, 0.5) is 0 Å². The maximum atomic E-state index is 12.8. The molecule has 0 aliphatic carbocycles. The normalized spacial score (nSPS) is 14.7. The standard InChI is InChI=1S/C22H22BrClN4O2/c23-20-7-2-1-4-17(20)15-26-10-12-27(13-11-26)22(29)21-8-9-28(25-21)16-30-19-6-3-5-18(24)14-19/h1-9,14H,10-13,15-16H2. The molecule has 0 bridgehead atoms. The fourth-order valence-electron chi connectivity index (χ4n) is 3.38. The molecule has 1 saturated heterocycles. The minimum atomic E-state index is -0.0444. The number of benzene rings is 2. The van der Waals surface area contributed by atoms with E-state index in [-0.39, 0.29) is 12.6 Å². The highest BCUT2D eigenvalue weighted by molar-refractivity contribution is 9.10. The van der Waals surface area contributed by atoms with E-state index in [0.29, 0.717) is 29.6 Å². The lowest BCUT2D eigenvalue weighted by molar-refractivity contribution is 0.0620. The van der Waals surface area contributed by atoms with Crippen LogP contribution in [-0.2, 0) is 13.3 Å². The van der Waals surface area contributed by atoms with Crippen molar-refractivity contribution in [3.8, 4) is 5.75 Å². The zero-order valence-corrected chi connectivity index (χ0v) is 18.7. The number of carbonyl (C=O) groups excluding carboxylic acids is 1. The van der Waals surface area contributed by atoms with Gasteiger partial charge in [-0.25, -0.2) is 4.68 Å². The summed E-state index contributed by atoms with van der Waals surface area (Å²) in [7, 11) is 0. The van der Waals surface area contributed by atoms with Crippen LogP contribution in [0.15, 0.2) is 65.3 Å². The molecule has 8 heteroatoms. The molecule has 0 atom stereocenters. The molecule has 0 radical (unpaired) electrons. The first-order valence-corrected chi connectivity index (χ1v) is 10.9. The third-order valence-corrected chi connectivity index (χ3v) is 6.04. The lowest BCUT2D eigenvalue weighted by atomic mass is 10.2. The number of hydrogen-bond acceptors (Lipinski definition) is 4. The molecule has 1 aromatic heterocycles. The number of hydrogen-bond donors (Lipinski definition) is 0. The maximum Gasteiger partial charge on any atom is 0.274 e. The molecule has 0 N–H and O–H groups in total. The lowest BCUT2D eigenvalue weighted by Crippen LogP contribution is -2.48. The lowest BCUT2D eigenvalue weighted by Gasteiger charge is -2.34. The average Bonchev–Trinajstić information content (AvgIpc) is 3.23. The molecule has 4 rings (SSSR count).